The number of hydrogen-bond acceptors (Lipinski definition) is 7. The van der Waals surface area contributed by atoms with Gasteiger partial charge in [0, 0.05) is 0 Å². The molecule has 44 heavy (non-hydrogen) atoms. The predicted octanol–water partition coefficient (Wildman–Crippen LogP) is 8.44. The number of ether oxygens (including phenoxy) is 3. The fourth-order valence-corrected chi connectivity index (χ4v) is 5.70. The summed E-state index contributed by atoms with van der Waals surface area (Å²) in [5.41, 5.74) is -0.0106. The first kappa shape index (κ1) is 33.5. The van der Waals surface area contributed by atoms with E-state index in [1.54, 1.807) is 37.3 Å². The van der Waals surface area contributed by atoms with Gasteiger partial charge in [-0.2, -0.15) is 13.2 Å². The molecule has 0 bridgehead atoms. The topological polar surface area (TPSA) is 94.2 Å². The van der Waals surface area contributed by atoms with Crippen molar-refractivity contribution in [3.63, 3.8) is 0 Å². The maximum absolute atomic E-state index is 13.2. The molecule has 15 heteroatoms. The molecule has 0 radical (unpaired) electrons. The van der Waals surface area contributed by atoms with Crippen LogP contribution in [0.3, 0.4) is 0 Å². The summed E-state index contributed by atoms with van der Waals surface area (Å²) in [5.74, 6) is -0.914. The lowest BCUT2D eigenvalue weighted by atomic mass is 10.1. The van der Waals surface area contributed by atoms with Gasteiger partial charge in [-0.25, -0.2) is 0 Å². The van der Waals surface area contributed by atoms with Crippen molar-refractivity contribution in [2.75, 3.05) is 25.6 Å². The Balaban J connectivity index is 1.50. The highest BCUT2D eigenvalue weighted by molar-refractivity contribution is 9.10. The standard InChI is InChI=1S/C29H22BrCl2F3N2O6S/c1-3-42-23-10-16(8-18(30)26(23)43-14-15-4-6-19(31)20(32)9-15)11-24-27(39)37(28(40)44-24)13-25(38)36-21-12-17(29(33,34)35)5-7-22(21)41-2/h4-12H,3,13-14H2,1-2H3,(H,36,38)/b24-11-. The summed E-state index contributed by atoms with van der Waals surface area (Å²) in [4.78, 5) is 39.1. The smallest absolute Gasteiger partial charge is 0.416 e. The number of nitrogens with zero attached hydrogens (tertiary/aromatic N) is 1. The van der Waals surface area contributed by atoms with Gasteiger partial charge < -0.3 is 19.5 Å². The zero-order valence-electron chi connectivity index (χ0n) is 22.9. The maximum Gasteiger partial charge on any atom is 0.416 e. The zero-order valence-corrected chi connectivity index (χ0v) is 26.8. The Hall–Kier alpha value is -3.39. The third-order valence-electron chi connectivity index (χ3n) is 5.97. The van der Waals surface area contributed by atoms with Crippen molar-refractivity contribution in [1.29, 1.82) is 0 Å². The first-order valence-corrected chi connectivity index (χ1v) is 15.0. The van der Waals surface area contributed by atoms with Crippen LogP contribution in [0.5, 0.6) is 17.2 Å². The van der Waals surface area contributed by atoms with Gasteiger partial charge in [-0.05, 0) is 94.3 Å². The lowest BCUT2D eigenvalue weighted by molar-refractivity contribution is -0.137. The van der Waals surface area contributed by atoms with E-state index in [0.29, 0.717) is 60.9 Å². The number of carbonyl (C=O) groups is 3. The Bertz CT molecular complexity index is 1650. The fraction of sp³-hybridized carbons (Fsp3) is 0.207. The van der Waals surface area contributed by atoms with Gasteiger partial charge in [-0.1, -0.05) is 29.3 Å². The molecule has 0 aliphatic carbocycles. The monoisotopic (exact) mass is 732 g/mol. The number of imide groups is 1. The van der Waals surface area contributed by atoms with Crippen molar-refractivity contribution in [2.45, 2.75) is 19.7 Å². The van der Waals surface area contributed by atoms with Crippen LogP contribution in [0.2, 0.25) is 10.0 Å². The second-order valence-corrected chi connectivity index (χ2v) is 11.7. The highest BCUT2D eigenvalue weighted by Crippen LogP contribution is 2.40. The summed E-state index contributed by atoms with van der Waals surface area (Å²) >= 11 is 16.1. The maximum atomic E-state index is 13.2. The van der Waals surface area contributed by atoms with Crippen molar-refractivity contribution in [2.24, 2.45) is 0 Å². The number of carbonyl (C=O) groups excluding carboxylic acids is 3. The zero-order chi connectivity index (χ0) is 32.2. The molecular weight excluding hydrogens is 712 g/mol. The largest absolute Gasteiger partial charge is 0.495 e. The van der Waals surface area contributed by atoms with Crippen LogP contribution in [0.25, 0.3) is 6.08 Å². The van der Waals surface area contributed by atoms with Crippen molar-refractivity contribution in [1.82, 2.24) is 4.90 Å². The number of benzene rings is 3. The van der Waals surface area contributed by atoms with Gasteiger partial charge in [-0.15, -0.1) is 0 Å². The van der Waals surface area contributed by atoms with E-state index in [-0.39, 0.29) is 22.9 Å². The van der Waals surface area contributed by atoms with Crippen LogP contribution in [-0.4, -0.2) is 42.2 Å². The van der Waals surface area contributed by atoms with Crippen LogP contribution in [0.4, 0.5) is 23.7 Å². The second-order valence-electron chi connectivity index (χ2n) is 9.03. The van der Waals surface area contributed by atoms with Gasteiger partial charge in [0.1, 0.15) is 18.9 Å². The number of nitrogens with one attached hydrogen (secondary N) is 1. The second kappa shape index (κ2) is 14.1. The van der Waals surface area contributed by atoms with Gasteiger partial charge in [0.25, 0.3) is 11.1 Å². The SMILES string of the molecule is CCOc1cc(/C=C2\SC(=O)N(CC(=O)Nc3cc(C(F)(F)F)ccc3OC)C2=O)cc(Br)c1OCc1ccc(Cl)c(Cl)c1. The van der Waals surface area contributed by atoms with Gasteiger partial charge in [0.15, 0.2) is 11.5 Å². The molecule has 1 aliphatic rings. The number of rotatable bonds is 10. The molecule has 0 unspecified atom stereocenters. The predicted molar refractivity (Wildman–Crippen MR) is 165 cm³/mol. The quantitative estimate of drug-likeness (QED) is 0.209. The summed E-state index contributed by atoms with van der Waals surface area (Å²) < 4.78 is 56.7. The molecule has 1 saturated heterocycles. The minimum atomic E-state index is -4.66. The number of methoxy groups -OCH3 is 1. The van der Waals surface area contributed by atoms with Crippen LogP contribution in [0, 0.1) is 0 Å². The number of thioether (sulfide) groups is 1. The molecule has 0 atom stereocenters. The fourth-order valence-electron chi connectivity index (χ4n) is 3.96. The first-order chi connectivity index (χ1) is 20.8. The van der Waals surface area contributed by atoms with Crippen LogP contribution in [0.15, 0.2) is 57.9 Å². The van der Waals surface area contributed by atoms with E-state index in [2.05, 4.69) is 21.2 Å². The Morgan fingerprint density at radius 2 is 1.80 bits per heavy atom. The van der Waals surface area contributed by atoms with E-state index in [1.807, 2.05) is 0 Å². The molecule has 1 fully saturated rings. The third kappa shape index (κ3) is 8.00. The van der Waals surface area contributed by atoms with Crippen molar-refractivity contribution >= 4 is 79.7 Å². The van der Waals surface area contributed by atoms with Crippen LogP contribution in [-0.2, 0) is 22.4 Å². The van der Waals surface area contributed by atoms with Crippen molar-refractivity contribution < 1.29 is 41.8 Å². The van der Waals surface area contributed by atoms with E-state index in [0.717, 1.165) is 17.7 Å². The lowest BCUT2D eigenvalue weighted by Crippen LogP contribution is -2.36. The van der Waals surface area contributed by atoms with E-state index >= 15 is 0 Å². The van der Waals surface area contributed by atoms with E-state index in [4.69, 9.17) is 37.4 Å². The number of hydrogen-bond donors (Lipinski definition) is 1. The molecule has 3 aromatic rings. The molecule has 3 aromatic carbocycles. The first-order valence-electron chi connectivity index (χ1n) is 12.6. The van der Waals surface area contributed by atoms with Crippen LogP contribution < -0.4 is 19.5 Å². The summed E-state index contributed by atoms with van der Waals surface area (Å²) in [6, 6.07) is 11.0. The minimum Gasteiger partial charge on any atom is -0.495 e. The van der Waals surface area contributed by atoms with Gasteiger partial charge in [0.2, 0.25) is 5.91 Å². The van der Waals surface area contributed by atoms with Crippen molar-refractivity contribution in [3.05, 3.63) is 84.6 Å². The average molecular weight is 734 g/mol. The minimum absolute atomic E-state index is 0.0262. The molecular formula is C29H22BrCl2F3N2O6S. The highest BCUT2D eigenvalue weighted by atomic mass is 79.9. The normalized spacial score (nSPS) is 14.3. The third-order valence-corrected chi connectivity index (χ3v) is 8.21. The summed E-state index contributed by atoms with van der Waals surface area (Å²) in [6.07, 6.45) is -3.20. The van der Waals surface area contributed by atoms with E-state index < -0.39 is 35.3 Å². The van der Waals surface area contributed by atoms with Gasteiger partial charge in [0.05, 0.1) is 44.4 Å². The Morgan fingerprint density at radius 1 is 1.05 bits per heavy atom. The van der Waals surface area contributed by atoms with Crippen LogP contribution in [0.1, 0.15) is 23.6 Å². The molecule has 0 aromatic heterocycles. The molecule has 1 aliphatic heterocycles. The highest BCUT2D eigenvalue weighted by Gasteiger charge is 2.37. The lowest BCUT2D eigenvalue weighted by Gasteiger charge is -2.16. The number of alkyl halides is 3. The number of anilines is 1. The summed E-state index contributed by atoms with van der Waals surface area (Å²) in [6.45, 7) is 1.52. The molecule has 0 spiro atoms. The van der Waals surface area contributed by atoms with E-state index in [9.17, 15) is 27.6 Å². The molecule has 3 amide bonds. The molecule has 1 heterocycles. The van der Waals surface area contributed by atoms with Gasteiger partial charge >= 0.3 is 6.18 Å². The molecule has 8 nitrogen and oxygen atoms in total. The number of halogens is 6. The Morgan fingerprint density at radius 3 is 2.45 bits per heavy atom. The van der Waals surface area contributed by atoms with E-state index in [1.165, 1.54) is 13.2 Å². The van der Waals surface area contributed by atoms with Gasteiger partial charge in [-0.3, -0.25) is 19.3 Å². The summed E-state index contributed by atoms with van der Waals surface area (Å²) in [5, 5.41) is 2.36. The number of amides is 3. The average Bonchev–Trinajstić information content (AvgIpc) is 3.21. The summed E-state index contributed by atoms with van der Waals surface area (Å²) in [7, 11) is 1.23. The molecule has 4 rings (SSSR count). The Labute approximate surface area is 272 Å². The van der Waals surface area contributed by atoms with Crippen molar-refractivity contribution in [3.8, 4) is 17.2 Å². The van der Waals surface area contributed by atoms with Crippen LogP contribution >= 0.6 is 50.9 Å². The molecule has 1 N–H and O–H groups in total. The molecule has 232 valence electrons. The Kier molecular flexibility index (Phi) is 10.8. The molecule has 0 saturated carbocycles.